The van der Waals surface area contributed by atoms with Gasteiger partial charge in [0.1, 0.15) is 0 Å². The summed E-state index contributed by atoms with van der Waals surface area (Å²) in [6, 6.07) is 16.3. The summed E-state index contributed by atoms with van der Waals surface area (Å²) in [5.74, 6) is 0.136. The summed E-state index contributed by atoms with van der Waals surface area (Å²) >= 11 is 1.28. The van der Waals surface area contributed by atoms with Crippen molar-refractivity contribution in [3.8, 4) is 11.4 Å². The predicted molar refractivity (Wildman–Crippen MR) is 99.1 cm³/mol. The largest absolute Gasteiger partial charge is 0.465 e. The maximum atomic E-state index is 12.8. The van der Waals surface area contributed by atoms with E-state index in [9.17, 15) is 9.59 Å². The lowest BCUT2D eigenvalue weighted by atomic mass is 10.1. The lowest BCUT2D eigenvalue weighted by Crippen LogP contribution is -2.23. The number of carbonyl (C=O) groups excluding carboxylic acids is 1. The van der Waals surface area contributed by atoms with Gasteiger partial charge in [0.15, 0.2) is 5.82 Å². The first-order chi connectivity index (χ1) is 12.7. The number of thiazole rings is 1. The summed E-state index contributed by atoms with van der Waals surface area (Å²) in [5.41, 5.74) is 1.95. The molecule has 0 amide bonds. The molecule has 0 aliphatic rings. The van der Waals surface area contributed by atoms with Gasteiger partial charge in [-0.15, -0.1) is 10.2 Å². The third kappa shape index (κ3) is 2.78. The standard InChI is InChI=1S/C19H13N3O3S/c1-25-18(24)14-9-7-12(8-10-14)11-15-17(23)22-16(20-21-19(22)26-15)13-5-3-2-4-6-13/h2-11H,1H3/b15-11+. The second-order valence-electron chi connectivity index (χ2n) is 5.54. The minimum Gasteiger partial charge on any atom is -0.465 e. The van der Waals surface area contributed by atoms with Crippen molar-refractivity contribution in [2.24, 2.45) is 0 Å². The van der Waals surface area contributed by atoms with Crippen LogP contribution in [0.5, 0.6) is 0 Å². The highest BCUT2D eigenvalue weighted by atomic mass is 32.1. The molecule has 0 unspecified atom stereocenters. The Bertz CT molecular complexity index is 1190. The van der Waals surface area contributed by atoms with Crippen molar-refractivity contribution in [2.75, 3.05) is 7.11 Å². The molecular formula is C19H13N3O3S. The highest BCUT2D eigenvalue weighted by Gasteiger charge is 2.13. The van der Waals surface area contributed by atoms with Crippen LogP contribution in [0.15, 0.2) is 59.4 Å². The highest BCUT2D eigenvalue weighted by Crippen LogP contribution is 2.17. The van der Waals surface area contributed by atoms with E-state index in [1.165, 1.54) is 22.8 Å². The molecule has 0 spiro atoms. The van der Waals surface area contributed by atoms with Gasteiger partial charge in [0.2, 0.25) is 4.96 Å². The summed E-state index contributed by atoms with van der Waals surface area (Å²) in [6.07, 6.45) is 1.78. The van der Waals surface area contributed by atoms with Crippen LogP contribution in [0.25, 0.3) is 22.4 Å². The Morgan fingerprint density at radius 2 is 1.81 bits per heavy atom. The number of nitrogens with zero attached hydrogens (tertiary/aromatic N) is 3. The molecule has 26 heavy (non-hydrogen) atoms. The molecule has 128 valence electrons. The van der Waals surface area contributed by atoms with E-state index in [0.717, 1.165) is 11.1 Å². The number of benzene rings is 2. The zero-order chi connectivity index (χ0) is 18.1. The summed E-state index contributed by atoms with van der Waals surface area (Å²) in [6.45, 7) is 0. The van der Waals surface area contributed by atoms with Crippen molar-refractivity contribution in [1.82, 2.24) is 14.6 Å². The topological polar surface area (TPSA) is 73.6 Å². The van der Waals surface area contributed by atoms with Crippen LogP contribution in [0.4, 0.5) is 0 Å². The predicted octanol–water partition coefficient (Wildman–Crippen LogP) is 2.15. The molecule has 0 N–H and O–H groups in total. The average molecular weight is 363 g/mol. The van der Waals surface area contributed by atoms with E-state index in [1.807, 2.05) is 30.3 Å². The second-order valence-corrected chi connectivity index (χ2v) is 6.55. The van der Waals surface area contributed by atoms with Crippen molar-refractivity contribution in [3.63, 3.8) is 0 Å². The van der Waals surface area contributed by atoms with Crippen LogP contribution in [-0.4, -0.2) is 27.7 Å². The van der Waals surface area contributed by atoms with Crippen LogP contribution in [-0.2, 0) is 4.74 Å². The maximum Gasteiger partial charge on any atom is 0.337 e. The van der Waals surface area contributed by atoms with Crippen LogP contribution >= 0.6 is 11.3 Å². The second kappa shape index (κ2) is 6.53. The Kier molecular flexibility index (Phi) is 4.06. The van der Waals surface area contributed by atoms with Gasteiger partial charge >= 0.3 is 5.97 Å². The van der Waals surface area contributed by atoms with E-state index >= 15 is 0 Å². The lowest BCUT2D eigenvalue weighted by molar-refractivity contribution is 0.0600. The van der Waals surface area contributed by atoms with Crippen molar-refractivity contribution >= 4 is 28.3 Å². The van der Waals surface area contributed by atoms with Crippen LogP contribution < -0.4 is 10.1 Å². The van der Waals surface area contributed by atoms with Gasteiger partial charge < -0.3 is 4.74 Å². The molecule has 6 nitrogen and oxygen atoms in total. The molecule has 4 aromatic rings. The van der Waals surface area contributed by atoms with E-state index in [1.54, 1.807) is 30.3 Å². The van der Waals surface area contributed by atoms with Gasteiger partial charge in [0.05, 0.1) is 17.2 Å². The fourth-order valence-electron chi connectivity index (χ4n) is 2.62. The van der Waals surface area contributed by atoms with E-state index in [4.69, 9.17) is 0 Å². The van der Waals surface area contributed by atoms with Crippen molar-refractivity contribution in [1.29, 1.82) is 0 Å². The number of ether oxygens (including phenoxy) is 1. The molecule has 2 aromatic heterocycles. The monoisotopic (exact) mass is 363 g/mol. The summed E-state index contributed by atoms with van der Waals surface area (Å²) in [5, 5.41) is 8.25. The molecule has 0 bridgehead atoms. The van der Waals surface area contributed by atoms with Gasteiger partial charge in [-0.3, -0.25) is 4.79 Å². The maximum absolute atomic E-state index is 12.8. The quantitative estimate of drug-likeness (QED) is 0.522. The summed E-state index contributed by atoms with van der Waals surface area (Å²) < 4.78 is 6.76. The van der Waals surface area contributed by atoms with Gasteiger partial charge in [0, 0.05) is 5.56 Å². The Hall–Kier alpha value is -3.32. The number of hydrogen-bond donors (Lipinski definition) is 0. The first-order valence-corrected chi connectivity index (χ1v) is 8.62. The SMILES string of the molecule is COC(=O)c1ccc(/C=c2/sc3nnc(-c4ccccc4)n3c2=O)cc1. The van der Waals surface area contributed by atoms with Crippen molar-refractivity contribution in [2.45, 2.75) is 0 Å². The number of rotatable bonds is 3. The number of aromatic nitrogens is 3. The normalized spacial score (nSPS) is 11.8. The smallest absolute Gasteiger partial charge is 0.337 e. The van der Waals surface area contributed by atoms with Gasteiger partial charge in [-0.05, 0) is 23.8 Å². The van der Waals surface area contributed by atoms with Gasteiger partial charge in [-0.25, -0.2) is 9.20 Å². The fraction of sp³-hybridized carbons (Fsp3) is 0.0526. The number of fused-ring (bicyclic) bond motifs is 1. The van der Waals surface area contributed by atoms with Crippen molar-refractivity contribution in [3.05, 3.63) is 80.6 Å². The minimum atomic E-state index is -0.394. The summed E-state index contributed by atoms with van der Waals surface area (Å²) in [7, 11) is 1.34. The molecule has 2 aromatic carbocycles. The summed E-state index contributed by atoms with van der Waals surface area (Å²) in [4.78, 5) is 24.8. The van der Waals surface area contributed by atoms with E-state index in [0.29, 0.717) is 20.9 Å². The molecular weight excluding hydrogens is 350 g/mol. The molecule has 0 fully saturated rings. The Morgan fingerprint density at radius 3 is 2.50 bits per heavy atom. The molecule has 2 heterocycles. The van der Waals surface area contributed by atoms with Crippen LogP contribution in [0.3, 0.4) is 0 Å². The number of esters is 1. The number of hydrogen-bond acceptors (Lipinski definition) is 6. The Morgan fingerprint density at radius 1 is 1.08 bits per heavy atom. The molecule has 0 saturated heterocycles. The lowest BCUT2D eigenvalue weighted by Gasteiger charge is -1.98. The third-order valence-corrected chi connectivity index (χ3v) is 4.87. The zero-order valence-electron chi connectivity index (χ0n) is 13.7. The number of methoxy groups -OCH3 is 1. The molecule has 0 radical (unpaired) electrons. The van der Waals surface area contributed by atoms with Crippen LogP contribution in [0.1, 0.15) is 15.9 Å². The first-order valence-electron chi connectivity index (χ1n) is 7.81. The van der Waals surface area contributed by atoms with Gasteiger partial charge in [-0.1, -0.05) is 53.8 Å². The third-order valence-electron chi connectivity index (χ3n) is 3.91. The molecule has 0 aliphatic carbocycles. The molecule has 7 heteroatoms. The molecule has 4 rings (SSSR count). The zero-order valence-corrected chi connectivity index (χ0v) is 14.6. The molecule has 0 saturated carbocycles. The van der Waals surface area contributed by atoms with Crippen molar-refractivity contribution < 1.29 is 9.53 Å². The van der Waals surface area contributed by atoms with E-state index in [2.05, 4.69) is 14.9 Å². The average Bonchev–Trinajstić information content (AvgIpc) is 3.23. The fourth-order valence-corrected chi connectivity index (χ4v) is 3.53. The highest BCUT2D eigenvalue weighted by molar-refractivity contribution is 7.15. The van der Waals surface area contributed by atoms with Crippen LogP contribution in [0, 0.1) is 0 Å². The molecule has 0 aliphatic heterocycles. The number of carbonyl (C=O) groups is 1. The van der Waals surface area contributed by atoms with Gasteiger partial charge in [0.25, 0.3) is 5.56 Å². The van der Waals surface area contributed by atoms with Gasteiger partial charge in [-0.2, -0.15) is 0 Å². The Labute approximate surface area is 152 Å². The van der Waals surface area contributed by atoms with E-state index in [-0.39, 0.29) is 5.56 Å². The molecule has 0 atom stereocenters. The van der Waals surface area contributed by atoms with E-state index < -0.39 is 5.97 Å². The van der Waals surface area contributed by atoms with Crippen LogP contribution in [0.2, 0.25) is 0 Å². The first kappa shape index (κ1) is 16.2. The minimum absolute atomic E-state index is 0.161. The Balaban J connectivity index is 1.79.